The Kier molecular flexibility index (Phi) is 5.56. The topological polar surface area (TPSA) is 31.0 Å². The Morgan fingerprint density at radius 2 is 1.79 bits per heavy atom. The SMILES string of the molecule is CCOOCCCc1ccc(-c2ccc(C3CO3)c(F)c2F)cc1. The van der Waals surface area contributed by atoms with Crippen molar-refractivity contribution in [2.24, 2.45) is 0 Å². The van der Waals surface area contributed by atoms with Gasteiger partial charge in [0.25, 0.3) is 0 Å². The van der Waals surface area contributed by atoms with Crippen LogP contribution in [0.15, 0.2) is 36.4 Å². The van der Waals surface area contributed by atoms with Gasteiger partial charge in [-0.05, 0) is 30.9 Å². The van der Waals surface area contributed by atoms with Gasteiger partial charge in [-0.1, -0.05) is 36.4 Å². The summed E-state index contributed by atoms with van der Waals surface area (Å²) >= 11 is 0. The second-order valence-electron chi connectivity index (χ2n) is 5.68. The number of halogens is 2. The van der Waals surface area contributed by atoms with Crippen LogP contribution in [0.4, 0.5) is 8.78 Å². The Morgan fingerprint density at radius 1 is 1.04 bits per heavy atom. The van der Waals surface area contributed by atoms with Gasteiger partial charge in [0, 0.05) is 11.1 Å². The standard InChI is InChI=1S/C19H20F2O3/c1-2-23-24-11-3-4-13-5-7-14(8-6-13)15-9-10-16(17-12-22-17)19(21)18(15)20/h5-10,17H,2-4,11-12H2,1H3. The summed E-state index contributed by atoms with van der Waals surface area (Å²) in [7, 11) is 0. The van der Waals surface area contributed by atoms with Crippen LogP contribution in [0.25, 0.3) is 11.1 Å². The van der Waals surface area contributed by atoms with Crippen molar-refractivity contribution < 1.29 is 23.3 Å². The molecule has 0 N–H and O–H groups in total. The molecular formula is C19H20F2O3. The minimum absolute atomic E-state index is 0.267. The van der Waals surface area contributed by atoms with Gasteiger partial charge >= 0.3 is 0 Å². The highest BCUT2D eigenvalue weighted by molar-refractivity contribution is 5.65. The third kappa shape index (κ3) is 3.98. The summed E-state index contributed by atoms with van der Waals surface area (Å²) in [5.74, 6) is -1.63. The van der Waals surface area contributed by atoms with Gasteiger partial charge in [-0.2, -0.15) is 0 Å². The molecule has 1 aliphatic rings. The molecule has 2 aromatic rings. The summed E-state index contributed by atoms with van der Waals surface area (Å²) < 4.78 is 33.4. The molecule has 3 rings (SSSR count). The fraction of sp³-hybridized carbons (Fsp3) is 0.368. The Bertz CT molecular complexity index is 682. The normalized spacial score (nSPS) is 16.4. The first-order valence-electron chi connectivity index (χ1n) is 8.14. The van der Waals surface area contributed by atoms with Crippen LogP contribution in [0.2, 0.25) is 0 Å². The molecule has 0 spiro atoms. The van der Waals surface area contributed by atoms with Crippen LogP contribution >= 0.6 is 0 Å². The molecule has 24 heavy (non-hydrogen) atoms. The largest absolute Gasteiger partial charge is 0.368 e. The molecule has 1 heterocycles. The van der Waals surface area contributed by atoms with Crippen LogP contribution < -0.4 is 0 Å². The monoisotopic (exact) mass is 334 g/mol. The molecule has 1 saturated heterocycles. The quantitative estimate of drug-likeness (QED) is 0.306. The van der Waals surface area contributed by atoms with E-state index in [4.69, 9.17) is 14.5 Å². The van der Waals surface area contributed by atoms with Gasteiger partial charge in [0.1, 0.15) is 6.10 Å². The fourth-order valence-electron chi connectivity index (χ4n) is 2.59. The van der Waals surface area contributed by atoms with Crippen molar-refractivity contribution in [1.29, 1.82) is 0 Å². The predicted molar refractivity (Wildman–Crippen MR) is 86.4 cm³/mol. The molecule has 0 bridgehead atoms. The summed E-state index contributed by atoms with van der Waals surface area (Å²) in [5, 5.41) is 0. The minimum Gasteiger partial charge on any atom is -0.368 e. The van der Waals surface area contributed by atoms with Crippen LogP contribution in [0.5, 0.6) is 0 Å². The van der Waals surface area contributed by atoms with E-state index in [1.807, 2.05) is 31.2 Å². The highest BCUT2D eigenvalue weighted by Crippen LogP contribution is 2.35. The molecule has 128 valence electrons. The van der Waals surface area contributed by atoms with Crippen LogP contribution in [-0.2, 0) is 20.9 Å². The molecular weight excluding hydrogens is 314 g/mol. The number of rotatable bonds is 8. The van der Waals surface area contributed by atoms with Crippen molar-refractivity contribution in [2.75, 3.05) is 19.8 Å². The second kappa shape index (κ2) is 7.83. The molecule has 3 nitrogen and oxygen atoms in total. The van der Waals surface area contributed by atoms with E-state index in [0.717, 1.165) is 18.4 Å². The summed E-state index contributed by atoms with van der Waals surface area (Å²) in [6, 6.07) is 10.7. The highest BCUT2D eigenvalue weighted by Gasteiger charge is 2.30. The van der Waals surface area contributed by atoms with Gasteiger partial charge < -0.3 is 4.74 Å². The van der Waals surface area contributed by atoms with Crippen molar-refractivity contribution >= 4 is 0 Å². The number of ether oxygens (including phenoxy) is 1. The van der Waals surface area contributed by atoms with Crippen LogP contribution in [-0.4, -0.2) is 19.8 Å². The fourth-order valence-corrected chi connectivity index (χ4v) is 2.59. The lowest BCUT2D eigenvalue weighted by Crippen LogP contribution is -1.98. The van der Waals surface area contributed by atoms with E-state index in [0.29, 0.717) is 30.9 Å². The molecule has 0 aromatic heterocycles. The average Bonchev–Trinajstić information content (AvgIpc) is 3.43. The molecule has 0 saturated carbocycles. The maximum absolute atomic E-state index is 14.3. The number of hydrogen-bond acceptors (Lipinski definition) is 3. The summed E-state index contributed by atoms with van der Waals surface area (Å²) in [4.78, 5) is 9.78. The predicted octanol–water partition coefficient (Wildman–Crippen LogP) is 4.60. The number of benzene rings is 2. The first-order chi connectivity index (χ1) is 11.7. The molecule has 0 amide bonds. The van der Waals surface area contributed by atoms with E-state index in [1.54, 1.807) is 12.1 Å². The van der Waals surface area contributed by atoms with Crippen molar-refractivity contribution in [3.63, 3.8) is 0 Å². The number of hydrogen-bond donors (Lipinski definition) is 0. The van der Waals surface area contributed by atoms with Crippen molar-refractivity contribution in [3.05, 3.63) is 59.2 Å². The van der Waals surface area contributed by atoms with Crippen molar-refractivity contribution in [2.45, 2.75) is 25.9 Å². The average molecular weight is 334 g/mol. The zero-order chi connectivity index (χ0) is 16.9. The van der Waals surface area contributed by atoms with E-state index < -0.39 is 11.6 Å². The van der Waals surface area contributed by atoms with E-state index in [2.05, 4.69) is 0 Å². The minimum atomic E-state index is -0.819. The van der Waals surface area contributed by atoms with Crippen LogP contribution in [0, 0.1) is 11.6 Å². The summed E-state index contributed by atoms with van der Waals surface area (Å²) in [6.07, 6.45) is 1.37. The summed E-state index contributed by atoms with van der Waals surface area (Å²) in [5.41, 5.74) is 2.33. The first kappa shape index (κ1) is 17.0. The Hall–Kier alpha value is -1.82. The van der Waals surface area contributed by atoms with E-state index in [-0.39, 0.29) is 11.7 Å². The van der Waals surface area contributed by atoms with Crippen LogP contribution in [0.3, 0.4) is 0 Å². The lowest BCUT2D eigenvalue weighted by atomic mass is 9.99. The van der Waals surface area contributed by atoms with Gasteiger partial charge in [0.15, 0.2) is 11.6 Å². The molecule has 0 aliphatic carbocycles. The van der Waals surface area contributed by atoms with Crippen molar-refractivity contribution in [1.82, 2.24) is 0 Å². The summed E-state index contributed by atoms with van der Waals surface area (Å²) in [6.45, 7) is 3.38. The Morgan fingerprint density at radius 3 is 2.46 bits per heavy atom. The lowest BCUT2D eigenvalue weighted by Gasteiger charge is -2.08. The molecule has 1 atom stereocenters. The van der Waals surface area contributed by atoms with Crippen LogP contribution in [0.1, 0.15) is 30.6 Å². The zero-order valence-electron chi connectivity index (χ0n) is 13.6. The molecule has 5 heteroatoms. The zero-order valence-corrected chi connectivity index (χ0v) is 13.6. The van der Waals surface area contributed by atoms with Gasteiger partial charge in [-0.25, -0.2) is 18.6 Å². The number of aryl methyl sites for hydroxylation is 1. The van der Waals surface area contributed by atoms with E-state index in [1.165, 1.54) is 0 Å². The Labute approximate surface area is 140 Å². The molecule has 1 aliphatic heterocycles. The maximum atomic E-state index is 14.3. The van der Waals surface area contributed by atoms with Crippen molar-refractivity contribution in [3.8, 4) is 11.1 Å². The smallest absolute Gasteiger partial charge is 0.167 e. The van der Waals surface area contributed by atoms with Gasteiger partial charge in [0.2, 0.25) is 0 Å². The molecule has 0 radical (unpaired) electrons. The molecule has 1 fully saturated rings. The Balaban J connectivity index is 1.66. The first-order valence-corrected chi connectivity index (χ1v) is 8.14. The molecule has 2 aromatic carbocycles. The van der Waals surface area contributed by atoms with E-state index >= 15 is 0 Å². The molecule has 1 unspecified atom stereocenters. The van der Waals surface area contributed by atoms with E-state index in [9.17, 15) is 8.78 Å². The lowest BCUT2D eigenvalue weighted by molar-refractivity contribution is -0.291. The second-order valence-corrected chi connectivity index (χ2v) is 5.68. The third-order valence-electron chi connectivity index (χ3n) is 3.95. The van der Waals surface area contributed by atoms with Gasteiger partial charge in [-0.15, -0.1) is 0 Å². The third-order valence-corrected chi connectivity index (χ3v) is 3.95. The maximum Gasteiger partial charge on any atom is 0.167 e. The van der Waals surface area contributed by atoms with Gasteiger partial charge in [0.05, 0.1) is 19.8 Å². The highest BCUT2D eigenvalue weighted by atomic mass is 19.2. The number of epoxide rings is 1. The van der Waals surface area contributed by atoms with Gasteiger partial charge in [-0.3, -0.25) is 0 Å².